The SMILES string of the molecule is NS(=O)(=O)c1ccc(CCNC(=O)CC2CSc3nc4c(cnn4-c4ccccc4)c(=O)n32)cc1. The number of hydrogen-bond acceptors (Lipinski definition) is 7. The number of benzene rings is 2. The zero-order chi connectivity index (χ0) is 24.6. The van der Waals surface area contributed by atoms with Crippen LogP contribution in [0.15, 0.2) is 75.6 Å². The number of carbonyl (C=O) groups excluding carboxylic acids is 1. The Morgan fingerprint density at radius 1 is 1.14 bits per heavy atom. The van der Waals surface area contributed by atoms with Gasteiger partial charge in [0.05, 0.1) is 22.8 Å². The van der Waals surface area contributed by atoms with Crippen LogP contribution in [0.1, 0.15) is 18.0 Å². The smallest absolute Gasteiger partial charge is 0.265 e. The second-order valence-corrected chi connectivity index (χ2v) is 10.7. The predicted molar refractivity (Wildman–Crippen MR) is 132 cm³/mol. The highest BCUT2D eigenvalue weighted by Crippen LogP contribution is 2.33. The van der Waals surface area contributed by atoms with Crippen molar-refractivity contribution in [1.82, 2.24) is 24.6 Å². The topological polar surface area (TPSA) is 142 Å². The van der Waals surface area contributed by atoms with E-state index in [0.717, 1.165) is 11.3 Å². The van der Waals surface area contributed by atoms with E-state index in [1.165, 1.54) is 30.1 Å². The summed E-state index contributed by atoms with van der Waals surface area (Å²) in [6.07, 6.45) is 2.21. The van der Waals surface area contributed by atoms with Crippen molar-refractivity contribution in [2.24, 2.45) is 5.14 Å². The summed E-state index contributed by atoms with van der Waals surface area (Å²) in [6.45, 7) is 0.385. The van der Waals surface area contributed by atoms with Gasteiger partial charge in [0.15, 0.2) is 10.8 Å². The number of rotatable bonds is 7. The third-order valence-electron chi connectivity index (χ3n) is 5.78. The van der Waals surface area contributed by atoms with Crippen molar-refractivity contribution in [3.05, 3.63) is 76.7 Å². The standard InChI is InChI=1S/C23H22N6O4S2/c24-35(32,33)18-8-6-15(7-9-18)10-11-25-20(30)12-17-14-34-23-27-21-19(22(31)28(17)23)13-26-29(21)16-4-2-1-3-5-16/h1-9,13,17H,10-12,14H2,(H,25,30)(H2,24,32,33). The number of para-hydroxylation sites is 1. The van der Waals surface area contributed by atoms with Crippen LogP contribution in [0.5, 0.6) is 0 Å². The number of sulfonamides is 1. The molecule has 0 saturated carbocycles. The Morgan fingerprint density at radius 2 is 1.89 bits per heavy atom. The molecule has 35 heavy (non-hydrogen) atoms. The second-order valence-electron chi connectivity index (χ2n) is 8.16. The van der Waals surface area contributed by atoms with Crippen molar-refractivity contribution in [2.45, 2.75) is 28.9 Å². The molecule has 0 bridgehead atoms. The van der Waals surface area contributed by atoms with E-state index in [9.17, 15) is 18.0 Å². The molecule has 4 aromatic rings. The van der Waals surface area contributed by atoms with Gasteiger partial charge in [-0.15, -0.1) is 0 Å². The average Bonchev–Trinajstić information content (AvgIpc) is 3.44. The number of fused-ring (bicyclic) bond motifs is 2. The molecule has 180 valence electrons. The van der Waals surface area contributed by atoms with Crippen molar-refractivity contribution in [3.63, 3.8) is 0 Å². The molecule has 0 radical (unpaired) electrons. The molecule has 3 N–H and O–H groups in total. The summed E-state index contributed by atoms with van der Waals surface area (Å²) in [5, 5.41) is 13.3. The average molecular weight is 511 g/mol. The van der Waals surface area contributed by atoms with Gasteiger partial charge >= 0.3 is 0 Å². The van der Waals surface area contributed by atoms with Crippen molar-refractivity contribution in [3.8, 4) is 5.69 Å². The highest BCUT2D eigenvalue weighted by atomic mass is 32.2. The Bertz CT molecular complexity index is 1560. The van der Waals surface area contributed by atoms with Crippen LogP contribution < -0.4 is 16.0 Å². The van der Waals surface area contributed by atoms with E-state index in [1.807, 2.05) is 30.3 Å². The Morgan fingerprint density at radius 3 is 2.60 bits per heavy atom. The van der Waals surface area contributed by atoms with E-state index in [1.54, 1.807) is 21.4 Å². The number of aromatic nitrogens is 4. The molecule has 0 spiro atoms. The first-order chi connectivity index (χ1) is 16.8. The van der Waals surface area contributed by atoms with E-state index in [4.69, 9.17) is 5.14 Å². The molecule has 0 fully saturated rings. The lowest BCUT2D eigenvalue weighted by atomic mass is 10.1. The van der Waals surface area contributed by atoms with Crippen LogP contribution in [-0.2, 0) is 21.2 Å². The van der Waals surface area contributed by atoms with Gasteiger partial charge in [-0.05, 0) is 36.2 Å². The van der Waals surface area contributed by atoms with Crippen LogP contribution in [0.2, 0.25) is 0 Å². The van der Waals surface area contributed by atoms with Crippen LogP contribution in [0.4, 0.5) is 0 Å². The van der Waals surface area contributed by atoms with Crippen LogP contribution >= 0.6 is 11.8 Å². The summed E-state index contributed by atoms with van der Waals surface area (Å²) in [6, 6.07) is 15.4. The summed E-state index contributed by atoms with van der Waals surface area (Å²) in [7, 11) is -3.73. The number of nitrogens with two attached hydrogens (primary N) is 1. The van der Waals surface area contributed by atoms with Gasteiger partial charge < -0.3 is 5.32 Å². The summed E-state index contributed by atoms with van der Waals surface area (Å²) >= 11 is 1.45. The molecule has 2 aromatic heterocycles. The maximum absolute atomic E-state index is 13.2. The minimum atomic E-state index is -3.73. The first-order valence-electron chi connectivity index (χ1n) is 10.9. The summed E-state index contributed by atoms with van der Waals surface area (Å²) in [5.41, 5.74) is 1.98. The number of nitrogens with zero attached hydrogens (tertiary/aromatic N) is 4. The van der Waals surface area contributed by atoms with Gasteiger partial charge in [-0.3, -0.25) is 14.2 Å². The number of amides is 1. The monoisotopic (exact) mass is 510 g/mol. The molecule has 1 amide bonds. The Balaban J connectivity index is 1.26. The molecule has 5 rings (SSSR count). The minimum Gasteiger partial charge on any atom is -0.356 e. The van der Waals surface area contributed by atoms with Crippen LogP contribution in [-0.4, -0.2) is 46.0 Å². The van der Waals surface area contributed by atoms with Gasteiger partial charge in [0.1, 0.15) is 5.39 Å². The van der Waals surface area contributed by atoms with Crippen LogP contribution in [0.3, 0.4) is 0 Å². The zero-order valence-corrected chi connectivity index (χ0v) is 20.1. The molecule has 3 heterocycles. The Hall–Kier alpha value is -3.48. The molecule has 12 heteroatoms. The summed E-state index contributed by atoms with van der Waals surface area (Å²) < 4.78 is 25.9. The van der Waals surface area contributed by atoms with Crippen molar-refractivity contribution < 1.29 is 13.2 Å². The lowest BCUT2D eigenvalue weighted by Crippen LogP contribution is -2.31. The van der Waals surface area contributed by atoms with Crippen molar-refractivity contribution >= 4 is 38.7 Å². The molecule has 1 atom stereocenters. The summed E-state index contributed by atoms with van der Waals surface area (Å²) in [4.78, 5) is 30.5. The third kappa shape index (κ3) is 4.72. The molecular weight excluding hydrogens is 488 g/mol. The van der Waals surface area contributed by atoms with Gasteiger partial charge in [0.2, 0.25) is 15.9 Å². The molecule has 1 aliphatic rings. The zero-order valence-electron chi connectivity index (χ0n) is 18.5. The normalized spacial score (nSPS) is 15.3. The number of primary sulfonamides is 1. The maximum Gasteiger partial charge on any atom is 0.265 e. The highest BCUT2D eigenvalue weighted by molar-refractivity contribution is 7.99. The molecule has 0 saturated heterocycles. The lowest BCUT2D eigenvalue weighted by molar-refractivity contribution is -0.121. The molecule has 2 aromatic carbocycles. The predicted octanol–water partition coefficient (Wildman–Crippen LogP) is 1.63. The van der Waals surface area contributed by atoms with Gasteiger partial charge in [0, 0.05) is 18.7 Å². The molecule has 10 nitrogen and oxygen atoms in total. The maximum atomic E-state index is 13.2. The number of hydrogen-bond donors (Lipinski definition) is 2. The second kappa shape index (κ2) is 9.29. The van der Waals surface area contributed by atoms with Gasteiger partial charge in [-0.25, -0.2) is 23.2 Å². The summed E-state index contributed by atoms with van der Waals surface area (Å²) in [5.74, 6) is 0.410. The van der Waals surface area contributed by atoms with E-state index in [-0.39, 0.29) is 28.8 Å². The quantitative estimate of drug-likeness (QED) is 0.360. The van der Waals surface area contributed by atoms with E-state index >= 15 is 0 Å². The molecular formula is C23H22N6O4S2. The van der Waals surface area contributed by atoms with E-state index in [2.05, 4.69) is 15.4 Å². The fraction of sp³-hybridized carbons (Fsp3) is 0.217. The fourth-order valence-corrected chi connectivity index (χ4v) is 5.66. The molecule has 0 aliphatic carbocycles. The fourth-order valence-electron chi connectivity index (χ4n) is 4.02. The van der Waals surface area contributed by atoms with Crippen molar-refractivity contribution in [2.75, 3.05) is 12.3 Å². The first-order valence-corrected chi connectivity index (χ1v) is 13.4. The van der Waals surface area contributed by atoms with E-state index in [0.29, 0.717) is 34.9 Å². The van der Waals surface area contributed by atoms with Gasteiger partial charge in [-0.2, -0.15) is 5.10 Å². The minimum absolute atomic E-state index is 0.0464. The Kier molecular flexibility index (Phi) is 6.17. The Labute approximate surface area is 205 Å². The van der Waals surface area contributed by atoms with E-state index < -0.39 is 10.0 Å². The van der Waals surface area contributed by atoms with Gasteiger partial charge in [0.25, 0.3) is 5.56 Å². The first kappa shape index (κ1) is 23.3. The molecule has 1 unspecified atom stereocenters. The highest BCUT2D eigenvalue weighted by Gasteiger charge is 2.29. The number of thioether (sulfide) groups is 1. The van der Waals surface area contributed by atoms with Crippen LogP contribution in [0.25, 0.3) is 16.7 Å². The lowest BCUT2D eigenvalue weighted by Gasteiger charge is -2.13. The van der Waals surface area contributed by atoms with Crippen molar-refractivity contribution in [1.29, 1.82) is 0 Å². The van der Waals surface area contributed by atoms with Crippen LogP contribution in [0, 0.1) is 0 Å². The number of nitrogens with one attached hydrogen (secondary N) is 1. The van der Waals surface area contributed by atoms with Gasteiger partial charge in [-0.1, -0.05) is 42.1 Å². The molecule has 1 aliphatic heterocycles. The third-order valence-corrected chi connectivity index (χ3v) is 7.81. The largest absolute Gasteiger partial charge is 0.356 e. The number of carbonyl (C=O) groups is 1.